The minimum absolute atomic E-state index is 0.00429. The Kier molecular flexibility index (Phi) is 8.39. The van der Waals surface area contributed by atoms with Gasteiger partial charge in [0.15, 0.2) is 0 Å². The van der Waals surface area contributed by atoms with E-state index in [1.807, 2.05) is 24.3 Å². The van der Waals surface area contributed by atoms with E-state index in [0.29, 0.717) is 5.56 Å². The Morgan fingerprint density at radius 2 is 1.51 bits per heavy atom. The van der Waals surface area contributed by atoms with Gasteiger partial charge in [-0.25, -0.2) is 13.2 Å². The van der Waals surface area contributed by atoms with Crippen molar-refractivity contribution >= 4 is 5.97 Å². The Bertz CT molecular complexity index is 1410. The van der Waals surface area contributed by atoms with Gasteiger partial charge in [-0.05, 0) is 42.0 Å². The molecule has 0 saturated carbocycles. The van der Waals surface area contributed by atoms with Crippen LogP contribution in [-0.4, -0.2) is 35.4 Å². The van der Waals surface area contributed by atoms with Crippen molar-refractivity contribution in [3.05, 3.63) is 113 Å². The lowest BCUT2D eigenvalue weighted by molar-refractivity contribution is -0.902. The highest BCUT2D eigenvalue weighted by atomic mass is 19.4. The molecule has 1 aliphatic heterocycles. The van der Waals surface area contributed by atoms with Crippen molar-refractivity contribution in [3.63, 3.8) is 0 Å². The van der Waals surface area contributed by atoms with Crippen molar-refractivity contribution in [2.24, 2.45) is 0 Å². The lowest BCUT2D eigenvalue weighted by atomic mass is 9.86. The van der Waals surface area contributed by atoms with Gasteiger partial charge in [0.1, 0.15) is 30.0 Å². The number of quaternary nitrogens is 1. The molecular weight excluding hydrogens is 524 g/mol. The number of H-pyrrole nitrogens is 1. The van der Waals surface area contributed by atoms with Crippen molar-refractivity contribution in [3.8, 4) is 11.3 Å². The summed E-state index contributed by atoms with van der Waals surface area (Å²) >= 11 is 0. The number of halogens is 6. The number of carbonyl (C=O) groups is 1. The molecule has 4 aromatic rings. The van der Waals surface area contributed by atoms with Crippen LogP contribution < -0.4 is 10.0 Å². The van der Waals surface area contributed by atoms with Gasteiger partial charge in [-0.15, -0.1) is 0 Å². The molecule has 0 aliphatic carbocycles. The highest BCUT2D eigenvalue weighted by Gasteiger charge is 2.40. The summed E-state index contributed by atoms with van der Waals surface area (Å²) in [6.45, 7) is 2.35. The normalized spacial score (nSPS) is 18.9. The fraction of sp³-hybridized carbons (Fsp3) is 0.214. The van der Waals surface area contributed by atoms with Crippen LogP contribution in [0, 0.1) is 17.5 Å². The maximum absolute atomic E-state index is 14.7. The predicted octanol–water partition coefficient (Wildman–Crippen LogP) is 3.76. The van der Waals surface area contributed by atoms with E-state index in [9.17, 15) is 26.3 Å². The number of aliphatic carboxylic acids is 1. The van der Waals surface area contributed by atoms with Crippen molar-refractivity contribution < 1.29 is 41.1 Å². The second kappa shape index (κ2) is 11.7. The zero-order chi connectivity index (χ0) is 28.2. The Morgan fingerprint density at radius 3 is 2.13 bits per heavy atom. The molecule has 0 bridgehead atoms. The number of aromatic nitrogens is 2. The molecule has 11 heteroatoms. The van der Waals surface area contributed by atoms with Gasteiger partial charge in [0.05, 0.1) is 24.7 Å². The van der Waals surface area contributed by atoms with Crippen molar-refractivity contribution in [2.75, 3.05) is 13.1 Å². The first-order valence-electron chi connectivity index (χ1n) is 11.9. The number of carbonyl (C=O) groups excluding carboxylic acids is 1. The molecule has 1 aromatic heterocycles. The second-order valence-electron chi connectivity index (χ2n) is 9.20. The minimum atomic E-state index is -5.19. The zero-order valence-electron chi connectivity index (χ0n) is 20.3. The molecule has 1 saturated heterocycles. The third kappa shape index (κ3) is 7.05. The zero-order valence-corrected chi connectivity index (χ0v) is 20.3. The predicted molar refractivity (Wildman–Crippen MR) is 128 cm³/mol. The quantitative estimate of drug-likeness (QED) is 0.374. The molecule has 0 radical (unpaired) electrons. The molecular formula is C28H23F6N3O2. The number of alkyl halides is 3. The monoisotopic (exact) mass is 547 g/mol. The Balaban J connectivity index is 0.000000448. The van der Waals surface area contributed by atoms with Crippen LogP contribution >= 0.6 is 0 Å². The van der Waals surface area contributed by atoms with Gasteiger partial charge in [0.25, 0.3) is 0 Å². The first-order valence-corrected chi connectivity index (χ1v) is 11.9. The van der Waals surface area contributed by atoms with E-state index < -0.39 is 23.8 Å². The number of likely N-dealkylation sites (tertiary alicyclic amines) is 1. The van der Waals surface area contributed by atoms with Crippen LogP contribution in [0.25, 0.3) is 11.3 Å². The van der Waals surface area contributed by atoms with Gasteiger partial charge < -0.3 is 14.8 Å². The average molecular weight is 547 g/mol. The Hall–Kier alpha value is -4.12. The molecule has 2 N–H and O–H groups in total. The lowest BCUT2D eigenvalue weighted by Gasteiger charge is -2.15. The van der Waals surface area contributed by atoms with Crippen LogP contribution in [0.2, 0.25) is 0 Å². The number of aromatic amines is 1. The van der Waals surface area contributed by atoms with E-state index in [2.05, 4.69) is 22.3 Å². The molecule has 39 heavy (non-hydrogen) atoms. The minimum Gasteiger partial charge on any atom is -0.542 e. The van der Waals surface area contributed by atoms with Gasteiger partial charge in [0, 0.05) is 28.8 Å². The van der Waals surface area contributed by atoms with E-state index in [1.165, 1.54) is 28.7 Å². The lowest BCUT2D eigenvalue weighted by Crippen LogP contribution is -3.09. The number of nitrogens with zero attached hydrogens (tertiary/aromatic N) is 1. The van der Waals surface area contributed by atoms with E-state index in [0.717, 1.165) is 42.7 Å². The number of carboxylic acid groups (broad SMARTS) is 1. The largest absolute Gasteiger partial charge is 0.542 e. The standard InChI is InChI=1S/C26H22F3N3.C2HF3O2/c27-19-8-6-18(7-9-19)25-13-26(31-30-25)23-16-32(14-17-4-2-1-3-5-17)15-22(23)21-11-10-20(28)12-24(21)29;3-2(4,5)1(6)7/h1-13,22-23H,14-16H2,(H,30,31);(H,6,7)/t22-,23+;/m0./s1. The summed E-state index contributed by atoms with van der Waals surface area (Å²) in [5.41, 5.74) is 4.18. The fourth-order valence-corrected chi connectivity index (χ4v) is 4.77. The van der Waals surface area contributed by atoms with E-state index in [1.54, 1.807) is 18.2 Å². The van der Waals surface area contributed by atoms with Crippen LogP contribution in [0.5, 0.6) is 0 Å². The first kappa shape index (κ1) is 27.9. The van der Waals surface area contributed by atoms with E-state index >= 15 is 0 Å². The molecule has 204 valence electrons. The van der Waals surface area contributed by atoms with Crippen LogP contribution in [-0.2, 0) is 11.3 Å². The number of benzene rings is 3. The summed E-state index contributed by atoms with van der Waals surface area (Å²) in [5, 5.41) is 16.3. The molecule has 5 nitrogen and oxygen atoms in total. The summed E-state index contributed by atoms with van der Waals surface area (Å²) in [5.74, 6) is -4.51. The molecule has 0 spiro atoms. The molecule has 1 fully saturated rings. The summed E-state index contributed by atoms with van der Waals surface area (Å²) < 4.78 is 73.1. The second-order valence-corrected chi connectivity index (χ2v) is 9.20. The molecule has 3 atom stereocenters. The maximum Gasteiger partial charge on any atom is 0.430 e. The van der Waals surface area contributed by atoms with Gasteiger partial charge in [-0.3, -0.25) is 5.10 Å². The highest BCUT2D eigenvalue weighted by Crippen LogP contribution is 2.36. The highest BCUT2D eigenvalue weighted by molar-refractivity contribution is 5.70. The Morgan fingerprint density at radius 1 is 0.897 bits per heavy atom. The molecule has 5 rings (SSSR count). The van der Waals surface area contributed by atoms with Gasteiger partial charge in [0.2, 0.25) is 0 Å². The number of rotatable bonds is 5. The Labute approximate surface area is 219 Å². The van der Waals surface area contributed by atoms with Crippen molar-refractivity contribution in [1.82, 2.24) is 10.2 Å². The van der Waals surface area contributed by atoms with Crippen LogP contribution in [0.1, 0.15) is 28.7 Å². The maximum atomic E-state index is 14.7. The topological polar surface area (TPSA) is 73.2 Å². The fourth-order valence-electron chi connectivity index (χ4n) is 4.77. The molecule has 3 aromatic carbocycles. The van der Waals surface area contributed by atoms with Crippen LogP contribution in [0.4, 0.5) is 26.3 Å². The third-order valence-corrected chi connectivity index (χ3v) is 6.53. The van der Waals surface area contributed by atoms with Crippen molar-refractivity contribution in [1.29, 1.82) is 0 Å². The smallest absolute Gasteiger partial charge is 0.430 e. The van der Waals surface area contributed by atoms with E-state index in [-0.39, 0.29) is 17.7 Å². The number of nitrogens with one attached hydrogen (secondary N) is 2. The van der Waals surface area contributed by atoms with E-state index in [4.69, 9.17) is 9.90 Å². The number of hydrogen-bond acceptors (Lipinski definition) is 3. The molecule has 2 heterocycles. The number of hydrogen-bond donors (Lipinski definition) is 2. The summed E-state index contributed by atoms with van der Waals surface area (Å²) in [4.78, 5) is 10.1. The SMILES string of the molecule is Fc1ccc(-c2cc([C@@H]3C[NH+](Cc4ccccc4)C[C@H]3c3ccc(F)cc3F)[nH]n2)cc1.O=C([O-])C(F)(F)F. The first-order chi connectivity index (χ1) is 18.5. The third-order valence-electron chi connectivity index (χ3n) is 6.53. The van der Waals surface area contributed by atoms with Crippen LogP contribution in [0.15, 0.2) is 78.9 Å². The van der Waals surface area contributed by atoms with Crippen molar-refractivity contribution in [2.45, 2.75) is 24.6 Å². The molecule has 1 unspecified atom stereocenters. The summed E-state index contributed by atoms with van der Waals surface area (Å²) in [6, 6.07) is 22.2. The average Bonchev–Trinajstić information content (AvgIpc) is 3.53. The summed E-state index contributed by atoms with van der Waals surface area (Å²) in [6.07, 6.45) is -5.19. The molecule has 0 amide bonds. The van der Waals surface area contributed by atoms with Crippen LogP contribution in [0.3, 0.4) is 0 Å². The number of carboxylic acids is 1. The van der Waals surface area contributed by atoms with Gasteiger partial charge >= 0.3 is 6.18 Å². The van der Waals surface area contributed by atoms with Gasteiger partial charge in [-0.2, -0.15) is 18.3 Å². The molecule has 1 aliphatic rings. The van der Waals surface area contributed by atoms with Gasteiger partial charge in [-0.1, -0.05) is 36.4 Å². The summed E-state index contributed by atoms with van der Waals surface area (Å²) in [7, 11) is 0.